The summed E-state index contributed by atoms with van der Waals surface area (Å²) in [5.41, 5.74) is 3.27. The Morgan fingerprint density at radius 3 is 2.44 bits per heavy atom. The van der Waals surface area contributed by atoms with Crippen molar-refractivity contribution in [1.82, 2.24) is 4.90 Å². The smallest absolute Gasteiger partial charge is 0.246 e. The van der Waals surface area contributed by atoms with Crippen molar-refractivity contribution in [1.29, 1.82) is 0 Å². The molecular formula is C23H27NO3. The Labute approximate surface area is 161 Å². The number of aryl methyl sites for hydroxylation is 1. The number of hydrogen-bond acceptors (Lipinski definition) is 3. The summed E-state index contributed by atoms with van der Waals surface area (Å²) >= 11 is 0. The molecule has 0 heterocycles. The van der Waals surface area contributed by atoms with Crippen molar-refractivity contribution in [2.45, 2.75) is 19.9 Å². The third-order valence-corrected chi connectivity index (χ3v) is 4.19. The summed E-state index contributed by atoms with van der Waals surface area (Å²) in [5, 5.41) is 0. The molecule has 1 amide bonds. The summed E-state index contributed by atoms with van der Waals surface area (Å²) in [5.74, 6) is 1.21. The fourth-order valence-corrected chi connectivity index (χ4v) is 2.58. The minimum atomic E-state index is -0.0551. The lowest BCUT2D eigenvalue weighted by Crippen LogP contribution is -2.24. The lowest BCUT2D eigenvalue weighted by molar-refractivity contribution is -0.125. The molecule has 0 spiro atoms. The molecule has 0 aliphatic heterocycles. The molecule has 142 valence electrons. The van der Waals surface area contributed by atoms with Gasteiger partial charge in [0.25, 0.3) is 0 Å². The Hall–Kier alpha value is -3.01. The van der Waals surface area contributed by atoms with E-state index in [1.165, 1.54) is 5.56 Å². The monoisotopic (exact) mass is 365 g/mol. The van der Waals surface area contributed by atoms with Crippen molar-refractivity contribution in [3.05, 3.63) is 77.9 Å². The van der Waals surface area contributed by atoms with Gasteiger partial charge < -0.3 is 14.4 Å². The highest BCUT2D eigenvalue weighted by Crippen LogP contribution is 2.28. The van der Waals surface area contributed by atoms with Gasteiger partial charge in [0.2, 0.25) is 5.91 Å². The molecule has 0 radical (unpaired) electrons. The molecule has 0 unspecified atom stereocenters. The summed E-state index contributed by atoms with van der Waals surface area (Å²) < 4.78 is 10.9. The lowest BCUT2D eigenvalue weighted by atomic mass is 10.1. The molecule has 0 N–H and O–H groups in total. The van der Waals surface area contributed by atoms with Crippen LogP contribution in [0.25, 0.3) is 6.08 Å². The zero-order valence-corrected chi connectivity index (χ0v) is 16.3. The van der Waals surface area contributed by atoms with Crippen molar-refractivity contribution in [3.63, 3.8) is 0 Å². The van der Waals surface area contributed by atoms with E-state index in [1.807, 2.05) is 18.2 Å². The zero-order chi connectivity index (χ0) is 19.6. The van der Waals surface area contributed by atoms with E-state index in [9.17, 15) is 4.79 Å². The number of carbonyl (C=O) groups excluding carboxylic acids is 1. The van der Waals surface area contributed by atoms with Crippen LogP contribution in [0.1, 0.15) is 23.6 Å². The first-order chi connectivity index (χ1) is 13.1. The maximum Gasteiger partial charge on any atom is 0.246 e. The summed E-state index contributed by atoms with van der Waals surface area (Å²) in [6.45, 7) is 6.75. The first-order valence-corrected chi connectivity index (χ1v) is 9.00. The van der Waals surface area contributed by atoms with Crippen molar-refractivity contribution in [2.75, 3.05) is 20.8 Å². The SMILES string of the molecule is C=CCOc1ccc(/C=C/C(=O)N(C)Cc2ccc(CC)cc2)cc1OC. The van der Waals surface area contributed by atoms with Crippen LogP contribution in [0.3, 0.4) is 0 Å². The van der Waals surface area contributed by atoms with Gasteiger partial charge >= 0.3 is 0 Å². The molecular weight excluding hydrogens is 338 g/mol. The fraction of sp³-hybridized carbons (Fsp3) is 0.261. The normalized spacial score (nSPS) is 10.6. The van der Waals surface area contributed by atoms with Crippen LogP contribution in [0, 0.1) is 0 Å². The summed E-state index contributed by atoms with van der Waals surface area (Å²) in [7, 11) is 3.39. The summed E-state index contributed by atoms with van der Waals surface area (Å²) in [6, 6.07) is 13.9. The van der Waals surface area contributed by atoms with E-state index in [0.29, 0.717) is 24.7 Å². The molecule has 4 nitrogen and oxygen atoms in total. The number of methoxy groups -OCH3 is 1. The molecule has 2 aromatic carbocycles. The van der Waals surface area contributed by atoms with Crippen LogP contribution in [0.2, 0.25) is 0 Å². The van der Waals surface area contributed by atoms with E-state index in [1.54, 1.807) is 37.3 Å². The Morgan fingerprint density at radius 2 is 1.81 bits per heavy atom. The maximum absolute atomic E-state index is 12.4. The van der Waals surface area contributed by atoms with Gasteiger partial charge in [0.1, 0.15) is 6.61 Å². The predicted octanol–water partition coefficient (Wildman–Crippen LogP) is 4.49. The van der Waals surface area contributed by atoms with E-state index in [0.717, 1.165) is 17.5 Å². The Morgan fingerprint density at radius 1 is 1.11 bits per heavy atom. The van der Waals surface area contributed by atoms with Crippen molar-refractivity contribution in [2.24, 2.45) is 0 Å². The van der Waals surface area contributed by atoms with Crippen molar-refractivity contribution >= 4 is 12.0 Å². The Kier molecular flexibility index (Phi) is 7.68. The van der Waals surface area contributed by atoms with E-state index in [4.69, 9.17) is 9.47 Å². The second kappa shape index (κ2) is 10.2. The van der Waals surface area contributed by atoms with E-state index >= 15 is 0 Å². The van der Waals surface area contributed by atoms with Crippen LogP contribution < -0.4 is 9.47 Å². The van der Waals surface area contributed by atoms with Gasteiger partial charge in [-0.15, -0.1) is 0 Å². The third-order valence-electron chi connectivity index (χ3n) is 4.19. The van der Waals surface area contributed by atoms with Crippen LogP contribution in [-0.2, 0) is 17.8 Å². The average molecular weight is 365 g/mol. The number of nitrogens with zero attached hydrogens (tertiary/aromatic N) is 1. The number of carbonyl (C=O) groups is 1. The van der Waals surface area contributed by atoms with Crippen LogP contribution in [0.4, 0.5) is 0 Å². The number of amides is 1. The minimum Gasteiger partial charge on any atom is -0.493 e. The Bertz CT molecular complexity index is 794. The molecule has 0 aliphatic rings. The van der Waals surface area contributed by atoms with Gasteiger partial charge in [-0.1, -0.05) is 49.9 Å². The number of hydrogen-bond donors (Lipinski definition) is 0. The number of likely N-dealkylation sites (N-methyl/N-ethyl adjacent to an activating group) is 1. The number of rotatable bonds is 9. The van der Waals surface area contributed by atoms with Gasteiger partial charge in [0.05, 0.1) is 7.11 Å². The van der Waals surface area contributed by atoms with Crippen LogP contribution in [0.5, 0.6) is 11.5 Å². The average Bonchev–Trinajstić information content (AvgIpc) is 2.71. The molecule has 2 aromatic rings. The molecule has 0 bridgehead atoms. The quantitative estimate of drug-likeness (QED) is 0.485. The molecule has 4 heteroatoms. The predicted molar refractivity (Wildman–Crippen MR) is 110 cm³/mol. The standard InChI is InChI=1S/C23H27NO3/c1-5-15-27-21-13-11-19(16-22(21)26-4)12-14-23(25)24(3)17-20-9-7-18(6-2)8-10-20/h5,7-14,16H,1,6,15,17H2,2-4H3/b14-12+. The van der Waals surface area contributed by atoms with Crippen molar-refractivity contribution < 1.29 is 14.3 Å². The fourth-order valence-electron chi connectivity index (χ4n) is 2.58. The van der Waals surface area contributed by atoms with Gasteiger partial charge in [0.15, 0.2) is 11.5 Å². The lowest BCUT2D eigenvalue weighted by Gasteiger charge is -2.15. The van der Waals surface area contributed by atoms with Gasteiger partial charge in [-0.25, -0.2) is 0 Å². The first-order valence-electron chi connectivity index (χ1n) is 9.00. The van der Waals surface area contributed by atoms with E-state index in [2.05, 4.69) is 37.8 Å². The minimum absolute atomic E-state index is 0.0551. The van der Waals surface area contributed by atoms with Gasteiger partial charge in [-0.2, -0.15) is 0 Å². The summed E-state index contributed by atoms with van der Waals surface area (Å²) in [6.07, 6.45) is 6.04. The van der Waals surface area contributed by atoms with E-state index < -0.39 is 0 Å². The molecule has 2 rings (SSSR count). The van der Waals surface area contributed by atoms with Gasteiger partial charge in [0, 0.05) is 19.7 Å². The topological polar surface area (TPSA) is 38.8 Å². The van der Waals surface area contributed by atoms with Crippen molar-refractivity contribution in [3.8, 4) is 11.5 Å². The molecule has 0 aliphatic carbocycles. The number of ether oxygens (including phenoxy) is 2. The van der Waals surface area contributed by atoms with Gasteiger partial charge in [-0.3, -0.25) is 4.79 Å². The third kappa shape index (κ3) is 6.03. The maximum atomic E-state index is 12.4. The van der Waals surface area contributed by atoms with Crippen LogP contribution in [0.15, 0.2) is 61.2 Å². The molecule has 0 atom stereocenters. The summed E-state index contributed by atoms with van der Waals surface area (Å²) in [4.78, 5) is 14.1. The molecule has 0 aromatic heterocycles. The second-order valence-electron chi connectivity index (χ2n) is 6.21. The van der Waals surface area contributed by atoms with Crippen LogP contribution in [-0.4, -0.2) is 31.6 Å². The van der Waals surface area contributed by atoms with E-state index in [-0.39, 0.29) is 5.91 Å². The first kappa shape index (κ1) is 20.3. The Balaban J connectivity index is 2.00. The molecule has 0 saturated heterocycles. The largest absolute Gasteiger partial charge is 0.493 e. The number of benzene rings is 2. The molecule has 27 heavy (non-hydrogen) atoms. The highest BCUT2D eigenvalue weighted by atomic mass is 16.5. The molecule has 0 saturated carbocycles. The van der Waals surface area contributed by atoms with Gasteiger partial charge in [-0.05, 0) is 41.3 Å². The molecule has 0 fully saturated rings. The highest BCUT2D eigenvalue weighted by Gasteiger charge is 2.07. The highest BCUT2D eigenvalue weighted by molar-refractivity contribution is 5.91. The zero-order valence-electron chi connectivity index (χ0n) is 16.3. The van der Waals surface area contributed by atoms with Crippen LogP contribution >= 0.6 is 0 Å². The second-order valence-corrected chi connectivity index (χ2v) is 6.21.